The molecule has 1 saturated heterocycles. The highest BCUT2D eigenvalue weighted by Crippen LogP contribution is 2.27. The smallest absolute Gasteiger partial charge is 0.318 e. The van der Waals surface area contributed by atoms with E-state index >= 15 is 4.39 Å². The third-order valence-corrected chi connectivity index (χ3v) is 5.71. The van der Waals surface area contributed by atoms with Crippen LogP contribution in [0.4, 0.5) is 20.6 Å². The van der Waals surface area contributed by atoms with Crippen LogP contribution in [0.2, 0.25) is 0 Å². The Balaban J connectivity index is 1.68. The SMILES string of the molecule is CC(C)(C)N1CCN(c2ccc(-n3ccc(=O)c(C(CC=N)=Nc4ccccc4)n3)c(F)c2)C1=O. The molecule has 0 saturated carbocycles. The highest BCUT2D eigenvalue weighted by Gasteiger charge is 2.36. The molecule has 1 aromatic heterocycles. The van der Waals surface area contributed by atoms with Crippen molar-refractivity contribution in [3.63, 3.8) is 0 Å². The fourth-order valence-electron chi connectivity index (χ4n) is 3.94. The van der Waals surface area contributed by atoms with Gasteiger partial charge in [0.2, 0.25) is 5.43 Å². The monoisotopic (exact) mass is 474 g/mol. The lowest BCUT2D eigenvalue weighted by molar-refractivity contribution is 0.173. The van der Waals surface area contributed by atoms with Gasteiger partial charge in [-0.1, -0.05) is 18.2 Å². The van der Waals surface area contributed by atoms with E-state index in [9.17, 15) is 9.59 Å². The van der Waals surface area contributed by atoms with Crippen molar-refractivity contribution in [2.24, 2.45) is 4.99 Å². The number of amides is 2. The first-order chi connectivity index (χ1) is 16.7. The molecule has 1 fully saturated rings. The second kappa shape index (κ2) is 9.61. The van der Waals surface area contributed by atoms with Gasteiger partial charge in [0.25, 0.3) is 0 Å². The summed E-state index contributed by atoms with van der Waals surface area (Å²) in [5.74, 6) is -0.583. The molecular formula is C26H27FN6O2. The Morgan fingerprint density at radius 1 is 1.11 bits per heavy atom. The van der Waals surface area contributed by atoms with Crippen LogP contribution in [-0.4, -0.2) is 51.3 Å². The summed E-state index contributed by atoms with van der Waals surface area (Å²) in [6.07, 6.45) is 2.63. The van der Waals surface area contributed by atoms with E-state index in [2.05, 4.69) is 10.1 Å². The summed E-state index contributed by atoms with van der Waals surface area (Å²) in [5, 5.41) is 11.9. The quantitative estimate of drug-likeness (QED) is 0.530. The molecule has 2 heterocycles. The van der Waals surface area contributed by atoms with Crippen LogP contribution in [0.5, 0.6) is 0 Å². The summed E-state index contributed by atoms with van der Waals surface area (Å²) in [4.78, 5) is 33.2. The minimum Gasteiger partial charge on any atom is -0.318 e. The van der Waals surface area contributed by atoms with E-state index in [4.69, 9.17) is 5.41 Å². The Morgan fingerprint density at radius 3 is 2.49 bits per heavy atom. The molecule has 9 heteroatoms. The van der Waals surface area contributed by atoms with Gasteiger partial charge in [-0.25, -0.2) is 13.9 Å². The van der Waals surface area contributed by atoms with Gasteiger partial charge in [-0.2, -0.15) is 5.10 Å². The summed E-state index contributed by atoms with van der Waals surface area (Å²) in [7, 11) is 0. The third kappa shape index (κ3) is 5.03. The number of benzene rings is 2. The van der Waals surface area contributed by atoms with Crippen molar-refractivity contribution >= 4 is 29.3 Å². The number of urea groups is 1. The Labute approximate surface area is 202 Å². The highest BCUT2D eigenvalue weighted by molar-refractivity contribution is 6.06. The average molecular weight is 475 g/mol. The third-order valence-electron chi connectivity index (χ3n) is 5.71. The fourth-order valence-corrected chi connectivity index (χ4v) is 3.94. The van der Waals surface area contributed by atoms with E-state index in [1.807, 2.05) is 39.0 Å². The second-order valence-corrected chi connectivity index (χ2v) is 9.17. The topological polar surface area (TPSA) is 94.7 Å². The van der Waals surface area contributed by atoms with Crippen LogP contribution in [0.25, 0.3) is 5.69 Å². The Kier molecular flexibility index (Phi) is 6.59. The van der Waals surface area contributed by atoms with Crippen molar-refractivity contribution in [2.45, 2.75) is 32.7 Å². The molecule has 8 nitrogen and oxygen atoms in total. The number of hydrogen-bond acceptors (Lipinski definition) is 5. The van der Waals surface area contributed by atoms with E-state index < -0.39 is 5.82 Å². The number of carbonyl (C=O) groups excluding carboxylic acids is 1. The predicted octanol–water partition coefficient (Wildman–Crippen LogP) is 4.57. The van der Waals surface area contributed by atoms with Gasteiger partial charge in [0, 0.05) is 49.2 Å². The summed E-state index contributed by atoms with van der Waals surface area (Å²) < 4.78 is 16.5. The van der Waals surface area contributed by atoms with Crippen LogP contribution in [0.15, 0.2) is 70.6 Å². The van der Waals surface area contributed by atoms with Gasteiger partial charge in [-0.15, -0.1) is 0 Å². The van der Waals surface area contributed by atoms with Gasteiger partial charge in [-0.3, -0.25) is 14.7 Å². The lowest BCUT2D eigenvalue weighted by Gasteiger charge is -2.31. The molecule has 0 bridgehead atoms. The molecular weight excluding hydrogens is 447 g/mol. The highest BCUT2D eigenvalue weighted by atomic mass is 19.1. The lowest BCUT2D eigenvalue weighted by atomic mass is 10.1. The minimum atomic E-state index is -0.583. The first-order valence-electron chi connectivity index (χ1n) is 11.3. The molecule has 180 valence electrons. The molecule has 1 aliphatic rings. The van der Waals surface area contributed by atoms with Gasteiger partial charge in [0.05, 0.1) is 11.4 Å². The molecule has 0 spiro atoms. The lowest BCUT2D eigenvalue weighted by Crippen LogP contribution is -2.44. The van der Waals surface area contributed by atoms with Gasteiger partial charge >= 0.3 is 6.03 Å². The standard InChI is InChI=1S/C26H27FN6O2/c1-26(2,3)32-16-15-31(25(32)35)19-9-10-22(20(27)17-19)33-14-12-23(34)24(30-33)21(11-13-28)29-18-7-5-4-6-8-18/h4-10,12-14,17,28H,11,15-16H2,1-3H3. The van der Waals surface area contributed by atoms with Crippen molar-refractivity contribution in [2.75, 3.05) is 18.0 Å². The zero-order valence-corrected chi connectivity index (χ0v) is 19.9. The van der Waals surface area contributed by atoms with E-state index in [0.29, 0.717) is 30.2 Å². The minimum absolute atomic E-state index is 0.0406. The van der Waals surface area contributed by atoms with Crippen LogP contribution in [0.1, 0.15) is 32.9 Å². The number of halogens is 1. The summed E-state index contributed by atoms with van der Waals surface area (Å²) >= 11 is 0. The first kappa shape index (κ1) is 24.0. The van der Waals surface area contributed by atoms with Crippen LogP contribution >= 0.6 is 0 Å². The summed E-state index contributed by atoms with van der Waals surface area (Å²) in [6.45, 7) is 6.92. The summed E-state index contributed by atoms with van der Waals surface area (Å²) in [6, 6.07) is 14.7. The number of nitrogens with zero attached hydrogens (tertiary/aromatic N) is 5. The van der Waals surface area contributed by atoms with Gasteiger partial charge in [0.1, 0.15) is 5.69 Å². The molecule has 0 aliphatic carbocycles. The number of aliphatic imine (C=N–C) groups is 1. The number of carbonyl (C=O) groups is 1. The fraction of sp³-hybridized carbons (Fsp3) is 0.269. The van der Waals surface area contributed by atoms with Crippen molar-refractivity contribution in [3.05, 3.63) is 82.5 Å². The van der Waals surface area contributed by atoms with E-state index in [0.717, 1.165) is 6.21 Å². The number of nitrogens with one attached hydrogen (secondary N) is 1. The maximum absolute atomic E-state index is 15.2. The van der Waals surface area contributed by atoms with E-state index in [1.165, 1.54) is 29.1 Å². The molecule has 0 atom stereocenters. The van der Waals surface area contributed by atoms with Gasteiger partial charge in [0.15, 0.2) is 11.5 Å². The van der Waals surface area contributed by atoms with Crippen molar-refractivity contribution < 1.29 is 9.18 Å². The molecule has 2 amide bonds. The molecule has 4 rings (SSSR count). The van der Waals surface area contributed by atoms with Crippen LogP contribution in [0.3, 0.4) is 0 Å². The first-order valence-corrected chi connectivity index (χ1v) is 11.3. The van der Waals surface area contributed by atoms with Crippen molar-refractivity contribution in [3.8, 4) is 5.69 Å². The van der Waals surface area contributed by atoms with Crippen LogP contribution in [-0.2, 0) is 0 Å². The maximum Gasteiger partial charge on any atom is 0.325 e. The Bertz CT molecular complexity index is 1340. The molecule has 1 N–H and O–H groups in total. The van der Waals surface area contributed by atoms with E-state index in [-0.39, 0.29) is 34.8 Å². The normalized spacial score (nSPS) is 14.5. The van der Waals surface area contributed by atoms with Gasteiger partial charge in [-0.05, 0) is 51.1 Å². The van der Waals surface area contributed by atoms with Crippen molar-refractivity contribution in [1.82, 2.24) is 14.7 Å². The molecule has 2 aromatic carbocycles. The molecule has 1 aliphatic heterocycles. The largest absolute Gasteiger partial charge is 0.325 e. The summed E-state index contributed by atoms with van der Waals surface area (Å²) in [5.41, 5.74) is 0.862. The Hall–Kier alpha value is -4.14. The number of aromatic nitrogens is 2. The number of anilines is 1. The zero-order valence-electron chi connectivity index (χ0n) is 19.9. The van der Waals surface area contributed by atoms with Crippen LogP contribution < -0.4 is 10.3 Å². The molecule has 0 radical (unpaired) electrons. The van der Waals surface area contributed by atoms with Gasteiger partial charge < -0.3 is 10.3 Å². The number of rotatable bonds is 6. The molecule has 3 aromatic rings. The second-order valence-electron chi connectivity index (χ2n) is 9.17. The zero-order chi connectivity index (χ0) is 25.2. The molecule has 35 heavy (non-hydrogen) atoms. The van der Waals surface area contributed by atoms with Crippen molar-refractivity contribution in [1.29, 1.82) is 5.41 Å². The number of hydrogen-bond donors (Lipinski definition) is 1. The predicted molar refractivity (Wildman–Crippen MR) is 135 cm³/mol. The Morgan fingerprint density at radius 2 is 1.86 bits per heavy atom. The number of para-hydroxylation sites is 1. The van der Waals surface area contributed by atoms with Crippen LogP contribution in [0, 0.1) is 11.2 Å². The average Bonchev–Trinajstić information content (AvgIpc) is 3.22. The molecule has 0 unspecified atom stereocenters. The maximum atomic E-state index is 15.2. The van der Waals surface area contributed by atoms with E-state index in [1.54, 1.807) is 28.0 Å².